The van der Waals surface area contributed by atoms with Gasteiger partial charge in [0.15, 0.2) is 0 Å². The molecule has 2 N–H and O–H groups in total. The SMILES string of the molecule is O=C(CSc1ccc2c(c1)CCC2)NNC(=O)c1cccc(OC(F)F)c1. The molecule has 142 valence electrons. The van der Waals surface area contributed by atoms with Crippen molar-refractivity contribution in [3.63, 3.8) is 0 Å². The van der Waals surface area contributed by atoms with Crippen molar-refractivity contribution < 1.29 is 23.1 Å². The normalized spacial score (nSPS) is 12.6. The van der Waals surface area contributed by atoms with Crippen molar-refractivity contribution in [3.8, 4) is 5.75 Å². The van der Waals surface area contributed by atoms with E-state index in [0.717, 1.165) is 17.7 Å². The van der Waals surface area contributed by atoms with Gasteiger partial charge in [0.2, 0.25) is 5.91 Å². The van der Waals surface area contributed by atoms with Gasteiger partial charge in [0.05, 0.1) is 5.75 Å². The maximum atomic E-state index is 12.2. The number of amides is 2. The summed E-state index contributed by atoms with van der Waals surface area (Å²) in [6, 6.07) is 11.5. The number of rotatable bonds is 6. The molecule has 0 bridgehead atoms. The highest BCUT2D eigenvalue weighted by Crippen LogP contribution is 2.27. The van der Waals surface area contributed by atoms with E-state index in [1.165, 1.54) is 53.6 Å². The fraction of sp³-hybridized carbons (Fsp3) is 0.263. The van der Waals surface area contributed by atoms with Gasteiger partial charge in [0.1, 0.15) is 5.75 Å². The molecule has 0 radical (unpaired) electrons. The van der Waals surface area contributed by atoms with Crippen LogP contribution in [0.2, 0.25) is 0 Å². The molecule has 0 atom stereocenters. The van der Waals surface area contributed by atoms with Gasteiger partial charge in [-0.25, -0.2) is 0 Å². The molecular weight excluding hydrogens is 374 g/mol. The van der Waals surface area contributed by atoms with Crippen molar-refractivity contribution >= 4 is 23.6 Å². The Hall–Kier alpha value is -2.61. The molecule has 0 unspecified atom stereocenters. The standard InChI is InChI=1S/C19H18F2N2O3S/c20-19(21)26-15-6-2-5-14(9-15)18(25)23-22-17(24)11-27-16-8-7-12-3-1-4-13(12)10-16/h2,5-10,19H,1,3-4,11H2,(H,22,24)(H,23,25). The molecule has 0 aliphatic heterocycles. The lowest BCUT2D eigenvalue weighted by Crippen LogP contribution is -2.42. The number of nitrogens with one attached hydrogen (secondary N) is 2. The van der Waals surface area contributed by atoms with Gasteiger partial charge >= 0.3 is 6.61 Å². The number of carbonyl (C=O) groups excluding carboxylic acids is 2. The molecular formula is C19H18F2N2O3S. The summed E-state index contributed by atoms with van der Waals surface area (Å²) in [5, 5.41) is 0. The zero-order valence-corrected chi connectivity index (χ0v) is 15.2. The summed E-state index contributed by atoms with van der Waals surface area (Å²) in [5.74, 6) is -0.969. The lowest BCUT2D eigenvalue weighted by molar-refractivity contribution is -0.119. The second-order valence-corrected chi connectivity index (χ2v) is 7.03. The summed E-state index contributed by atoms with van der Waals surface area (Å²) < 4.78 is 28.7. The van der Waals surface area contributed by atoms with Crippen LogP contribution in [0.4, 0.5) is 8.78 Å². The molecule has 5 nitrogen and oxygen atoms in total. The molecule has 2 aromatic rings. The first-order chi connectivity index (χ1) is 13.0. The first kappa shape index (κ1) is 19.2. The Labute approximate surface area is 159 Å². The summed E-state index contributed by atoms with van der Waals surface area (Å²) in [5.41, 5.74) is 7.38. The Morgan fingerprint density at radius 3 is 2.70 bits per heavy atom. The van der Waals surface area contributed by atoms with Crippen LogP contribution in [0.3, 0.4) is 0 Å². The fourth-order valence-electron chi connectivity index (χ4n) is 2.84. The van der Waals surface area contributed by atoms with Crippen molar-refractivity contribution in [2.24, 2.45) is 0 Å². The van der Waals surface area contributed by atoms with Gasteiger partial charge in [-0.3, -0.25) is 20.4 Å². The second-order valence-electron chi connectivity index (χ2n) is 5.98. The number of aryl methyl sites for hydroxylation is 2. The van der Waals surface area contributed by atoms with E-state index in [1.807, 2.05) is 6.07 Å². The molecule has 2 aromatic carbocycles. The number of halogens is 2. The highest BCUT2D eigenvalue weighted by molar-refractivity contribution is 8.00. The van der Waals surface area contributed by atoms with Crippen LogP contribution in [0.1, 0.15) is 27.9 Å². The van der Waals surface area contributed by atoms with Gasteiger partial charge < -0.3 is 4.74 Å². The van der Waals surface area contributed by atoms with E-state index >= 15 is 0 Å². The predicted octanol–water partition coefficient (Wildman–Crippen LogP) is 3.33. The topological polar surface area (TPSA) is 67.4 Å². The summed E-state index contributed by atoms with van der Waals surface area (Å²) in [6.45, 7) is -2.97. The molecule has 0 fully saturated rings. The van der Waals surface area contributed by atoms with Gasteiger partial charge in [0.25, 0.3) is 5.91 Å². The van der Waals surface area contributed by atoms with Gasteiger partial charge in [-0.15, -0.1) is 11.8 Å². The summed E-state index contributed by atoms with van der Waals surface area (Å²) in [4.78, 5) is 24.9. The van der Waals surface area contributed by atoms with E-state index < -0.39 is 12.5 Å². The first-order valence-electron chi connectivity index (χ1n) is 8.40. The van der Waals surface area contributed by atoms with Gasteiger partial charge in [-0.1, -0.05) is 12.1 Å². The number of ether oxygens (including phenoxy) is 1. The summed E-state index contributed by atoms with van der Waals surface area (Å²) in [6.07, 6.45) is 3.34. The lowest BCUT2D eigenvalue weighted by Gasteiger charge is -2.09. The summed E-state index contributed by atoms with van der Waals surface area (Å²) >= 11 is 1.38. The van der Waals surface area contributed by atoms with Gasteiger partial charge in [-0.2, -0.15) is 8.78 Å². The van der Waals surface area contributed by atoms with Crippen LogP contribution in [0.25, 0.3) is 0 Å². The van der Waals surface area contributed by atoms with Crippen LogP contribution in [-0.4, -0.2) is 24.2 Å². The highest BCUT2D eigenvalue weighted by atomic mass is 32.2. The number of hydrogen-bond donors (Lipinski definition) is 2. The predicted molar refractivity (Wildman–Crippen MR) is 97.9 cm³/mol. The molecule has 3 rings (SSSR count). The Bertz CT molecular complexity index is 845. The zero-order valence-electron chi connectivity index (χ0n) is 14.3. The molecule has 1 aliphatic rings. The maximum absolute atomic E-state index is 12.2. The van der Waals surface area contributed by atoms with Crippen LogP contribution < -0.4 is 15.6 Å². The van der Waals surface area contributed by atoms with Crippen LogP contribution in [0, 0.1) is 0 Å². The molecule has 0 saturated heterocycles. The molecule has 2 amide bonds. The van der Waals surface area contributed by atoms with Crippen molar-refractivity contribution in [3.05, 3.63) is 59.2 Å². The molecule has 27 heavy (non-hydrogen) atoms. The average molecular weight is 392 g/mol. The molecule has 1 aliphatic carbocycles. The minimum atomic E-state index is -2.97. The molecule has 0 spiro atoms. The van der Waals surface area contributed by atoms with Gasteiger partial charge in [-0.05, 0) is 60.7 Å². The minimum Gasteiger partial charge on any atom is -0.435 e. The smallest absolute Gasteiger partial charge is 0.387 e. The first-order valence-corrected chi connectivity index (χ1v) is 9.38. The van der Waals surface area contributed by atoms with Crippen LogP contribution in [0.5, 0.6) is 5.75 Å². The Kier molecular flexibility index (Phi) is 6.28. The lowest BCUT2D eigenvalue weighted by atomic mass is 10.1. The van der Waals surface area contributed by atoms with E-state index in [4.69, 9.17) is 0 Å². The Morgan fingerprint density at radius 1 is 1.07 bits per heavy atom. The van der Waals surface area contributed by atoms with Crippen molar-refractivity contribution in [2.45, 2.75) is 30.8 Å². The third-order valence-electron chi connectivity index (χ3n) is 4.08. The molecule has 0 aromatic heterocycles. The second kappa shape index (κ2) is 8.85. The maximum Gasteiger partial charge on any atom is 0.387 e. The van der Waals surface area contributed by atoms with Gasteiger partial charge in [0, 0.05) is 10.5 Å². The molecule has 8 heteroatoms. The van der Waals surface area contributed by atoms with Crippen molar-refractivity contribution in [1.29, 1.82) is 0 Å². The zero-order chi connectivity index (χ0) is 19.2. The molecule has 0 saturated carbocycles. The number of hydrazine groups is 1. The number of thioether (sulfide) groups is 1. The monoisotopic (exact) mass is 392 g/mol. The minimum absolute atomic E-state index is 0.0970. The van der Waals surface area contributed by atoms with Crippen LogP contribution in [-0.2, 0) is 17.6 Å². The highest BCUT2D eigenvalue weighted by Gasteiger charge is 2.13. The average Bonchev–Trinajstić information content (AvgIpc) is 3.12. The number of fused-ring (bicyclic) bond motifs is 1. The quantitative estimate of drug-likeness (QED) is 0.585. The third-order valence-corrected chi connectivity index (χ3v) is 5.07. The fourth-order valence-corrected chi connectivity index (χ4v) is 3.59. The molecule has 0 heterocycles. The van der Waals surface area contributed by atoms with E-state index in [2.05, 4.69) is 27.7 Å². The van der Waals surface area contributed by atoms with Crippen molar-refractivity contribution in [2.75, 3.05) is 5.75 Å². The van der Waals surface area contributed by atoms with Crippen LogP contribution >= 0.6 is 11.8 Å². The number of carbonyl (C=O) groups is 2. The number of alkyl halides is 2. The Morgan fingerprint density at radius 2 is 1.89 bits per heavy atom. The van der Waals surface area contributed by atoms with Crippen molar-refractivity contribution in [1.82, 2.24) is 10.9 Å². The third kappa shape index (κ3) is 5.43. The Balaban J connectivity index is 1.46. The van der Waals surface area contributed by atoms with E-state index in [0.29, 0.717) is 0 Å². The van der Waals surface area contributed by atoms with E-state index in [-0.39, 0.29) is 23.0 Å². The number of benzene rings is 2. The summed E-state index contributed by atoms with van der Waals surface area (Å²) in [7, 11) is 0. The van der Waals surface area contributed by atoms with E-state index in [9.17, 15) is 18.4 Å². The largest absolute Gasteiger partial charge is 0.435 e. The van der Waals surface area contributed by atoms with E-state index in [1.54, 1.807) is 0 Å². The number of hydrogen-bond acceptors (Lipinski definition) is 4. The van der Waals surface area contributed by atoms with Crippen LogP contribution in [0.15, 0.2) is 47.4 Å².